The van der Waals surface area contributed by atoms with Gasteiger partial charge in [-0.3, -0.25) is 4.79 Å². The Labute approximate surface area is 156 Å². The minimum atomic E-state index is -0.341. The van der Waals surface area contributed by atoms with E-state index in [1.807, 2.05) is 24.3 Å². The van der Waals surface area contributed by atoms with Crippen LogP contribution in [0.4, 0.5) is 17.3 Å². The molecule has 0 saturated carbocycles. The Balaban J connectivity index is 1.81. The number of anilines is 3. The standard InChI is InChI=1S/C19H17ClN4O2/c1-12-9-17(18(25)22-14-6-3-5-13(20)10-14)24-19(21-12)23-15-7-4-8-16(11-15)26-2/h3-11H,1-2H3,(H,22,25)(H,21,23,24). The Morgan fingerprint density at radius 3 is 2.58 bits per heavy atom. The maximum absolute atomic E-state index is 12.5. The number of nitrogens with one attached hydrogen (secondary N) is 2. The number of nitrogens with zero attached hydrogens (tertiary/aromatic N) is 2. The molecule has 2 aromatic carbocycles. The first-order chi connectivity index (χ1) is 12.5. The minimum Gasteiger partial charge on any atom is -0.497 e. The van der Waals surface area contributed by atoms with Crippen LogP contribution in [0.2, 0.25) is 5.02 Å². The zero-order valence-corrected chi connectivity index (χ0v) is 15.0. The molecule has 3 aromatic rings. The lowest BCUT2D eigenvalue weighted by Crippen LogP contribution is -2.15. The number of amides is 1. The number of carbonyl (C=O) groups is 1. The van der Waals surface area contributed by atoms with E-state index in [0.29, 0.717) is 28.1 Å². The molecule has 0 atom stereocenters. The summed E-state index contributed by atoms with van der Waals surface area (Å²) in [5.41, 5.74) is 2.28. The Hall–Kier alpha value is -3.12. The largest absolute Gasteiger partial charge is 0.497 e. The van der Waals surface area contributed by atoms with Gasteiger partial charge in [-0.1, -0.05) is 23.7 Å². The van der Waals surface area contributed by atoms with Crippen LogP contribution in [-0.2, 0) is 0 Å². The molecule has 0 aliphatic heterocycles. The zero-order chi connectivity index (χ0) is 18.5. The normalized spacial score (nSPS) is 10.3. The van der Waals surface area contributed by atoms with Crippen LogP contribution >= 0.6 is 11.6 Å². The minimum absolute atomic E-state index is 0.253. The molecule has 0 unspecified atom stereocenters. The summed E-state index contributed by atoms with van der Waals surface area (Å²) in [5.74, 6) is 0.697. The molecular formula is C19H17ClN4O2. The smallest absolute Gasteiger partial charge is 0.274 e. The molecule has 2 N–H and O–H groups in total. The Kier molecular flexibility index (Phi) is 5.34. The summed E-state index contributed by atoms with van der Waals surface area (Å²) in [4.78, 5) is 21.1. The number of hydrogen-bond donors (Lipinski definition) is 2. The lowest BCUT2D eigenvalue weighted by molar-refractivity contribution is 0.102. The van der Waals surface area contributed by atoms with Crippen molar-refractivity contribution in [1.82, 2.24) is 9.97 Å². The van der Waals surface area contributed by atoms with Crippen molar-refractivity contribution in [2.75, 3.05) is 17.7 Å². The number of halogens is 1. The molecule has 0 bridgehead atoms. The predicted molar refractivity (Wildman–Crippen MR) is 102 cm³/mol. The van der Waals surface area contributed by atoms with Gasteiger partial charge in [-0.25, -0.2) is 9.97 Å². The number of carbonyl (C=O) groups excluding carboxylic acids is 1. The highest BCUT2D eigenvalue weighted by Gasteiger charge is 2.11. The molecule has 0 radical (unpaired) electrons. The van der Waals surface area contributed by atoms with Gasteiger partial charge in [-0.15, -0.1) is 0 Å². The molecule has 3 rings (SSSR count). The summed E-state index contributed by atoms with van der Waals surface area (Å²) in [7, 11) is 1.60. The summed E-state index contributed by atoms with van der Waals surface area (Å²) in [6, 6.07) is 15.9. The summed E-state index contributed by atoms with van der Waals surface area (Å²) in [6.45, 7) is 1.80. The molecule has 0 aliphatic rings. The van der Waals surface area contributed by atoms with E-state index in [9.17, 15) is 4.79 Å². The lowest BCUT2D eigenvalue weighted by atomic mass is 10.2. The molecule has 1 amide bonds. The number of aryl methyl sites for hydroxylation is 1. The summed E-state index contributed by atoms with van der Waals surface area (Å²) >= 11 is 5.94. The van der Waals surface area contributed by atoms with Crippen LogP contribution in [0.25, 0.3) is 0 Å². The SMILES string of the molecule is COc1cccc(Nc2nc(C)cc(C(=O)Nc3cccc(Cl)c3)n2)c1. The third-order valence-electron chi connectivity index (χ3n) is 3.50. The van der Waals surface area contributed by atoms with Crippen molar-refractivity contribution in [3.05, 3.63) is 71.0 Å². The Morgan fingerprint density at radius 1 is 1.04 bits per heavy atom. The molecule has 26 heavy (non-hydrogen) atoms. The number of methoxy groups -OCH3 is 1. The van der Waals surface area contributed by atoms with Gasteiger partial charge in [0.25, 0.3) is 5.91 Å². The second-order valence-corrected chi connectivity index (χ2v) is 5.98. The van der Waals surface area contributed by atoms with E-state index < -0.39 is 0 Å². The van der Waals surface area contributed by atoms with E-state index >= 15 is 0 Å². The number of hydrogen-bond acceptors (Lipinski definition) is 5. The van der Waals surface area contributed by atoms with E-state index in [4.69, 9.17) is 16.3 Å². The first-order valence-electron chi connectivity index (χ1n) is 7.87. The van der Waals surface area contributed by atoms with Gasteiger partial charge >= 0.3 is 0 Å². The average molecular weight is 369 g/mol. The first-order valence-corrected chi connectivity index (χ1v) is 8.25. The van der Waals surface area contributed by atoms with Crippen LogP contribution in [0, 0.1) is 6.92 Å². The summed E-state index contributed by atoms with van der Waals surface area (Å²) in [5, 5.41) is 6.40. The number of rotatable bonds is 5. The van der Waals surface area contributed by atoms with Crippen molar-refractivity contribution < 1.29 is 9.53 Å². The summed E-state index contributed by atoms with van der Waals surface area (Å²) in [6.07, 6.45) is 0. The van der Waals surface area contributed by atoms with Gasteiger partial charge in [0, 0.05) is 28.2 Å². The molecule has 0 aliphatic carbocycles. The van der Waals surface area contributed by atoms with Crippen LogP contribution in [0.1, 0.15) is 16.2 Å². The van der Waals surface area contributed by atoms with Crippen molar-refractivity contribution in [2.24, 2.45) is 0 Å². The molecule has 0 fully saturated rings. The number of ether oxygens (including phenoxy) is 1. The molecule has 132 valence electrons. The van der Waals surface area contributed by atoms with E-state index in [2.05, 4.69) is 20.6 Å². The van der Waals surface area contributed by atoms with Gasteiger partial charge in [-0.2, -0.15) is 0 Å². The lowest BCUT2D eigenvalue weighted by Gasteiger charge is -2.10. The fourth-order valence-electron chi connectivity index (χ4n) is 2.33. The van der Waals surface area contributed by atoms with Gasteiger partial charge in [0.1, 0.15) is 11.4 Å². The maximum Gasteiger partial charge on any atom is 0.274 e. The third kappa shape index (κ3) is 4.49. The summed E-state index contributed by atoms with van der Waals surface area (Å²) < 4.78 is 5.20. The van der Waals surface area contributed by atoms with Crippen molar-refractivity contribution >= 4 is 34.8 Å². The second-order valence-electron chi connectivity index (χ2n) is 5.54. The predicted octanol–water partition coefficient (Wildman–Crippen LogP) is 4.44. The molecular weight excluding hydrogens is 352 g/mol. The van der Waals surface area contributed by atoms with Crippen molar-refractivity contribution in [3.8, 4) is 5.75 Å². The highest BCUT2D eigenvalue weighted by Crippen LogP contribution is 2.20. The van der Waals surface area contributed by atoms with Gasteiger partial charge in [-0.05, 0) is 43.3 Å². The molecule has 7 heteroatoms. The molecule has 0 saturated heterocycles. The van der Waals surface area contributed by atoms with Crippen molar-refractivity contribution in [2.45, 2.75) is 6.92 Å². The van der Waals surface area contributed by atoms with Crippen LogP contribution in [0.3, 0.4) is 0 Å². The Bertz CT molecular complexity index is 946. The average Bonchev–Trinajstić information content (AvgIpc) is 2.61. The quantitative estimate of drug-likeness (QED) is 0.696. The van der Waals surface area contributed by atoms with E-state index in [-0.39, 0.29) is 11.6 Å². The van der Waals surface area contributed by atoms with E-state index in [1.165, 1.54) is 0 Å². The van der Waals surface area contributed by atoms with E-state index in [1.54, 1.807) is 44.4 Å². The maximum atomic E-state index is 12.5. The zero-order valence-electron chi connectivity index (χ0n) is 14.3. The highest BCUT2D eigenvalue weighted by molar-refractivity contribution is 6.30. The number of benzene rings is 2. The Morgan fingerprint density at radius 2 is 1.81 bits per heavy atom. The molecule has 0 spiro atoms. The topological polar surface area (TPSA) is 76.1 Å². The first kappa shape index (κ1) is 17.7. The van der Waals surface area contributed by atoms with Gasteiger partial charge < -0.3 is 15.4 Å². The van der Waals surface area contributed by atoms with Gasteiger partial charge in [0.2, 0.25) is 5.95 Å². The number of aromatic nitrogens is 2. The van der Waals surface area contributed by atoms with Crippen LogP contribution in [0.5, 0.6) is 5.75 Å². The highest BCUT2D eigenvalue weighted by atomic mass is 35.5. The van der Waals surface area contributed by atoms with E-state index in [0.717, 1.165) is 5.69 Å². The van der Waals surface area contributed by atoms with Crippen LogP contribution in [0.15, 0.2) is 54.6 Å². The van der Waals surface area contributed by atoms with Gasteiger partial charge in [0.05, 0.1) is 7.11 Å². The van der Waals surface area contributed by atoms with Crippen molar-refractivity contribution in [1.29, 1.82) is 0 Å². The molecule has 6 nitrogen and oxygen atoms in total. The van der Waals surface area contributed by atoms with Crippen molar-refractivity contribution in [3.63, 3.8) is 0 Å². The molecule has 1 aromatic heterocycles. The van der Waals surface area contributed by atoms with Crippen LogP contribution in [-0.4, -0.2) is 23.0 Å². The third-order valence-corrected chi connectivity index (χ3v) is 3.73. The fraction of sp³-hybridized carbons (Fsp3) is 0.105. The monoisotopic (exact) mass is 368 g/mol. The second kappa shape index (κ2) is 7.84. The van der Waals surface area contributed by atoms with Gasteiger partial charge in [0.15, 0.2) is 0 Å². The molecule has 1 heterocycles. The fourth-order valence-corrected chi connectivity index (χ4v) is 2.52. The van der Waals surface area contributed by atoms with Crippen LogP contribution < -0.4 is 15.4 Å².